The number of rotatable bonds is 4. The lowest BCUT2D eigenvalue weighted by atomic mass is 9.93. The van der Waals surface area contributed by atoms with Gasteiger partial charge in [0.05, 0.1) is 6.10 Å². The number of carbonyl (C=O) groups is 1. The number of nitrogens with one attached hydrogen (secondary N) is 1. The van der Waals surface area contributed by atoms with Gasteiger partial charge in [0.25, 0.3) is 0 Å². The molecule has 2 N–H and O–H groups in total. The molecule has 2 aliphatic carbocycles. The molecule has 4 rings (SSSR count). The molecule has 1 heterocycles. The van der Waals surface area contributed by atoms with Crippen molar-refractivity contribution in [3.8, 4) is 0 Å². The summed E-state index contributed by atoms with van der Waals surface area (Å²) in [6.07, 6.45) is 4.46. The van der Waals surface area contributed by atoms with Gasteiger partial charge in [-0.2, -0.15) is 0 Å². The van der Waals surface area contributed by atoms with E-state index >= 15 is 0 Å². The predicted molar refractivity (Wildman–Crippen MR) is 87.1 cm³/mol. The first-order valence-corrected chi connectivity index (χ1v) is 8.82. The Morgan fingerprint density at radius 2 is 2.13 bits per heavy atom. The summed E-state index contributed by atoms with van der Waals surface area (Å²) in [6.45, 7) is 1.81. The van der Waals surface area contributed by atoms with Gasteiger partial charge >= 0.3 is 0 Å². The van der Waals surface area contributed by atoms with Gasteiger partial charge in [0.1, 0.15) is 0 Å². The van der Waals surface area contributed by atoms with Crippen LogP contribution in [0.2, 0.25) is 0 Å². The summed E-state index contributed by atoms with van der Waals surface area (Å²) in [6, 6.07) is 8.53. The number of carbonyl (C=O) groups excluding carboxylic acids is 1. The van der Waals surface area contributed by atoms with Crippen LogP contribution in [0.25, 0.3) is 0 Å². The zero-order valence-electron chi connectivity index (χ0n) is 13.5. The van der Waals surface area contributed by atoms with Gasteiger partial charge < -0.3 is 15.2 Å². The fraction of sp³-hybridized carbons (Fsp3) is 0.632. The van der Waals surface area contributed by atoms with E-state index < -0.39 is 6.10 Å². The van der Waals surface area contributed by atoms with Crippen LogP contribution in [0.1, 0.15) is 36.8 Å². The minimum atomic E-state index is -0.451. The average molecular weight is 315 g/mol. The summed E-state index contributed by atoms with van der Waals surface area (Å²) in [4.78, 5) is 12.5. The van der Waals surface area contributed by atoms with Crippen LogP contribution < -0.4 is 5.32 Å². The van der Waals surface area contributed by atoms with E-state index in [4.69, 9.17) is 4.74 Å². The molecule has 3 atom stereocenters. The monoisotopic (exact) mass is 315 g/mol. The van der Waals surface area contributed by atoms with Crippen molar-refractivity contribution in [2.45, 2.75) is 43.6 Å². The van der Waals surface area contributed by atoms with Gasteiger partial charge in [-0.15, -0.1) is 0 Å². The molecule has 1 aromatic rings. The van der Waals surface area contributed by atoms with Crippen molar-refractivity contribution in [1.82, 2.24) is 5.32 Å². The molecule has 1 aromatic carbocycles. The molecular formula is C19H25NO3. The number of hydrogen-bond donors (Lipinski definition) is 2. The van der Waals surface area contributed by atoms with E-state index in [1.807, 2.05) is 0 Å². The van der Waals surface area contributed by atoms with Crippen molar-refractivity contribution >= 4 is 5.91 Å². The van der Waals surface area contributed by atoms with Crippen molar-refractivity contribution in [1.29, 1.82) is 0 Å². The lowest BCUT2D eigenvalue weighted by Gasteiger charge is -2.26. The van der Waals surface area contributed by atoms with E-state index in [9.17, 15) is 9.90 Å². The summed E-state index contributed by atoms with van der Waals surface area (Å²) in [5, 5.41) is 13.3. The molecule has 1 aliphatic heterocycles. The Kier molecular flexibility index (Phi) is 3.90. The Bertz CT molecular complexity index is 596. The third-order valence-corrected chi connectivity index (χ3v) is 6.08. The van der Waals surface area contributed by atoms with Gasteiger partial charge in [-0.3, -0.25) is 4.79 Å². The number of hydrogen-bond acceptors (Lipinski definition) is 3. The van der Waals surface area contributed by atoms with Gasteiger partial charge in [0.15, 0.2) is 0 Å². The standard InChI is InChI=1S/C19H25NO3/c21-17(14-6-9-23-10-7-14)12-20-18(22)16-11-19(16)8-5-13-3-1-2-4-15(13)19/h1-4,14,16-17,21H,5-12H2,(H,20,22). The topological polar surface area (TPSA) is 58.6 Å². The first-order chi connectivity index (χ1) is 11.2. The summed E-state index contributed by atoms with van der Waals surface area (Å²) in [5.74, 6) is 0.463. The number of aliphatic hydroxyl groups excluding tert-OH is 1. The van der Waals surface area contributed by atoms with Crippen molar-refractivity contribution in [2.24, 2.45) is 11.8 Å². The van der Waals surface area contributed by atoms with Gasteiger partial charge in [-0.05, 0) is 49.1 Å². The smallest absolute Gasteiger partial charge is 0.224 e. The SMILES string of the molecule is O=C(NCC(O)C1CCOCC1)C1CC12CCc1ccccc12. The normalized spacial score (nSPS) is 30.9. The summed E-state index contributed by atoms with van der Waals surface area (Å²) in [7, 11) is 0. The van der Waals surface area contributed by atoms with Gasteiger partial charge in [0.2, 0.25) is 5.91 Å². The lowest BCUT2D eigenvalue weighted by molar-refractivity contribution is -0.123. The fourth-order valence-corrected chi connectivity index (χ4v) is 4.53. The van der Waals surface area contributed by atoms with Crippen LogP contribution in [0, 0.1) is 11.8 Å². The van der Waals surface area contributed by atoms with Crippen LogP contribution in [0.5, 0.6) is 0 Å². The Labute approximate surface area is 137 Å². The maximum atomic E-state index is 12.5. The molecule has 1 amide bonds. The Morgan fingerprint density at radius 3 is 2.96 bits per heavy atom. The van der Waals surface area contributed by atoms with Crippen LogP contribution in [-0.2, 0) is 21.4 Å². The Hall–Kier alpha value is -1.39. The predicted octanol–water partition coefficient (Wildman–Crippen LogP) is 1.79. The van der Waals surface area contributed by atoms with Gasteiger partial charge in [0, 0.05) is 31.1 Å². The maximum Gasteiger partial charge on any atom is 0.224 e. The molecule has 2 fully saturated rings. The van der Waals surface area contributed by atoms with E-state index in [1.165, 1.54) is 11.1 Å². The maximum absolute atomic E-state index is 12.5. The number of benzene rings is 1. The van der Waals surface area contributed by atoms with Gasteiger partial charge in [-0.25, -0.2) is 0 Å². The number of aryl methyl sites for hydroxylation is 1. The van der Waals surface area contributed by atoms with Crippen LogP contribution in [0.3, 0.4) is 0 Å². The molecule has 0 radical (unpaired) electrons. The minimum Gasteiger partial charge on any atom is -0.391 e. The molecule has 4 heteroatoms. The second-order valence-corrected chi connectivity index (χ2v) is 7.33. The minimum absolute atomic E-state index is 0.0876. The first kappa shape index (κ1) is 15.2. The highest BCUT2D eigenvalue weighted by Crippen LogP contribution is 2.61. The van der Waals surface area contributed by atoms with E-state index in [0.717, 1.165) is 45.3 Å². The quantitative estimate of drug-likeness (QED) is 0.891. The molecule has 3 aliphatic rings. The average Bonchev–Trinajstić information content (AvgIpc) is 3.22. The molecule has 4 nitrogen and oxygen atoms in total. The van der Waals surface area contributed by atoms with E-state index in [-0.39, 0.29) is 23.2 Å². The highest BCUT2D eigenvalue weighted by Gasteiger charge is 2.61. The van der Waals surface area contributed by atoms with Crippen molar-refractivity contribution in [3.63, 3.8) is 0 Å². The molecule has 124 valence electrons. The van der Waals surface area contributed by atoms with E-state index in [1.54, 1.807) is 0 Å². The molecule has 1 saturated carbocycles. The largest absolute Gasteiger partial charge is 0.391 e. The number of amides is 1. The number of aliphatic hydroxyl groups is 1. The van der Waals surface area contributed by atoms with Crippen LogP contribution >= 0.6 is 0 Å². The van der Waals surface area contributed by atoms with Crippen LogP contribution in [-0.4, -0.2) is 36.9 Å². The molecule has 23 heavy (non-hydrogen) atoms. The molecular weight excluding hydrogens is 290 g/mol. The molecule has 1 spiro atoms. The molecule has 0 bridgehead atoms. The fourth-order valence-electron chi connectivity index (χ4n) is 4.53. The Balaban J connectivity index is 1.33. The Morgan fingerprint density at radius 1 is 1.35 bits per heavy atom. The van der Waals surface area contributed by atoms with Crippen LogP contribution in [0.15, 0.2) is 24.3 Å². The third-order valence-electron chi connectivity index (χ3n) is 6.08. The lowest BCUT2D eigenvalue weighted by Crippen LogP contribution is -2.39. The van der Waals surface area contributed by atoms with E-state index in [0.29, 0.717) is 6.54 Å². The number of fused-ring (bicyclic) bond motifs is 2. The number of ether oxygens (including phenoxy) is 1. The third kappa shape index (κ3) is 2.68. The summed E-state index contributed by atoms with van der Waals surface area (Å²) < 4.78 is 5.32. The second-order valence-electron chi connectivity index (χ2n) is 7.33. The van der Waals surface area contributed by atoms with E-state index in [2.05, 4.69) is 29.6 Å². The summed E-state index contributed by atoms with van der Waals surface area (Å²) in [5.41, 5.74) is 2.87. The highest BCUT2D eigenvalue weighted by atomic mass is 16.5. The first-order valence-electron chi connectivity index (χ1n) is 8.82. The van der Waals surface area contributed by atoms with Crippen LogP contribution in [0.4, 0.5) is 0 Å². The van der Waals surface area contributed by atoms with Gasteiger partial charge in [-0.1, -0.05) is 24.3 Å². The zero-order valence-corrected chi connectivity index (χ0v) is 13.5. The highest BCUT2D eigenvalue weighted by molar-refractivity contribution is 5.85. The van der Waals surface area contributed by atoms with Crippen molar-refractivity contribution in [3.05, 3.63) is 35.4 Å². The molecule has 3 unspecified atom stereocenters. The van der Waals surface area contributed by atoms with Crippen molar-refractivity contribution in [2.75, 3.05) is 19.8 Å². The second kappa shape index (κ2) is 5.91. The molecule has 0 aromatic heterocycles. The zero-order chi connectivity index (χ0) is 15.9. The van der Waals surface area contributed by atoms with Crippen molar-refractivity contribution < 1.29 is 14.6 Å². The summed E-state index contributed by atoms with van der Waals surface area (Å²) >= 11 is 0. The molecule has 1 saturated heterocycles.